The molecular weight excluding hydrogens is 560 g/mol. The van der Waals surface area contributed by atoms with Gasteiger partial charge in [0.15, 0.2) is 17.7 Å². The fraction of sp³-hybridized carbons (Fsp3) is 0.500. The smallest absolute Gasteiger partial charge is 0.756 e. The average Bonchev–Trinajstić information content (AvgIpc) is 3.13. The molecule has 0 saturated carbocycles. The SMILES string of the molecule is Nc1ncnc2c1ncn2[C@@H]1O[C@H](COP(=O)([O-])OP(=O)([O-])OP(=O)([O-])O)[C@@H](O)[C@H]1O.[Na+].[Na+].[Na+]. The Morgan fingerprint density at radius 2 is 1.65 bits per heavy atom. The number of nitrogen functional groups attached to an aromatic ring is 1. The van der Waals surface area contributed by atoms with E-state index < -0.39 is 54.6 Å². The first kappa shape index (κ1) is 35.6. The van der Waals surface area contributed by atoms with Gasteiger partial charge in [-0.2, -0.15) is 0 Å². The molecule has 18 nitrogen and oxygen atoms in total. The van der Waals surface area contributed by atoms with Gasteiger partial charge in [-0.05, 0) is 0 Å². The van der Waals surface area contributed by atoms with Crippen molar-refractivity contribution in [2.24, 2.45) is 0 Å². The molecule has 3 heterocycles. The predicted molar refractivity (Wildman–Crippen MR) is 88.8 cm³/mol. The zero-order chi connectivity index (χ0) is 23.2. The van der Waals surface area contributed by atoms with Crippen LogP contribution in [0, 0.1) is 0 Å². The van der Waals surface area contributed by atoms with Gasteiger partial charge in [0.1, 0.15) is 30.2 Å². The van der Waals surface area contributed by atoms with E-state index in [9.17, 15) is 38.6 Å². The number of nitrogens with two attached hydrogens (primary N) is 1. The van der Waals surface area contributed by atoms with Gasteiger partial charge in [-0.25, -0.2) is 23.6 Å². The van der Waals surface area contributed by atoms with Gasteiger partial charge in [-0.3, -0.25) is 18.3 Å². The normalized spacial score (nSPS) is 27.4. The molecule has 2 aromatic rings. The van der Waals surface area contributed by atoms with E-state index in [4.69, 9.17) is 15.4 Å². The molecule has 0 bridgehead atoms. The van der Waals surface area contributed by atoms with Crippen LogP contribution < -0.4 is 109 Å². The second kappa shape index (κ2) is 13.6. The molecule has 0 aliphatic carbocycles. The van der Waals surface area contributed by atoms with Gasteiger partial charge in [0.2, 0.25) is 0 Å². The minimum absolute atomic E-state index is 0. The van der Waals surface area contributed by atoms with Crippen LogP contribution in [-0.4, -0.2) is 59.5 Å². The van der Waals surface area contributed by atoms with E-state index in [0.29, 0.717) is 0 Å². The molecule has 0 amide bonds. The summed E-state index contributed by atoms with van der Waals surface area (Å²) in [4.78, 5) is 53.1. The van der Waals surface area contributed by atoms with Crippen LogP contribution in [0.3, 0.4) is 0 Å². The average molecular weight is 573 g/mol. The number of anilines is 1. The van der Waals surface area contributed by atoms with Crippen molar-refractivity contribution in [3.8, 4) is 0 Å². The Bertz CT molecular complexity index is 1120. The Labute approximate surface area is 256 Å². The monoisotopic (exact) mass is 573 g/mol. The fourth-order valence-corrected chi connectivity index (χ4v) is 5.50. The van der Waals surface area contributed by atoms with Gasteiger partial charge < -0.3 is 44.8 Å². The number of hydrogen-bond donors (Lipinski definition) is 4. The molecule has 1 aliphatic rings. The van der Waals surface area contributed by atoms with Crippen molar-refractivity contribution in [3.63, 3.8) is 0 Å². The molecule has 2 aromatic heterocycles. The number of rotatable bonds is 8. The number of phosphoric ester groups is 1. The first-order valence-corrected chi connectivity index (χ1v) is 12.3. The maximum absolute atomic E-state index is 11.6. The summed E-state index contributed by atoms with van der Waals surface area (Å²) in [5.74, 6) is 0.0240. The Balaban J connectivity index is 0.00000363. The largest absolute Gasteiger partial charge is 1.00 e. The van der Waals surface area contributed by atoms with Crippen LogP contribution in [0.2, 0.25) is 0 Å². The second-order valence-electron chi connectivity index (χ2n) is 5.95. The maximum atomic E-state index is 11.6. The summed E-state index contributed by atoms with van der Waals surface area (Å²) in [6, 6.07) is 0. The number of nitrogens with zero attached hydrogens (tertiary/aromatic N) is 4. The van der Waals surface area contributed by atoms with Gasteiger partial charge in [0, 0.05) is 0 Å². The number of hydrogen-bond acceptors (Lipinski definition) is 16. The van der Waals surface area contributed by atoms with E-state index in [0.717, 1.165) is 6.33 Å². The van der Waals surface area contributed by atoms with Crippen molar-refractivity contribution in [2.75, 3.05) is 12.3 Å². The second-order valence-corrected chi connectivity index (χ2v) is 10.2. The molecule has 34 heavy (non-hydrogen) atoms. The fourth-order valence-electron chi connectivity index (χ4n) is 2.61. The Kier molecular flexibility index (Phi) is 14.3. The van der Waals surface area contributed by atoms with Crippen molar-refractivity contribution in [3.05, 3.63) is 12.7 Å². The third-order valence-corrected chi connectivity index (χ3v) is 7.49. The minimum Gasteiger partial charge on any atom is -0.756 e. The molecule has 0 aromatic carbocycles. The topological polar surface area (TPSA) is 288 Å². The van der Waals surface area contributed by atoms with E-state index in [-0.39, 0.29) is 106 Å². The summed E-state index contributed by atoms with van der Waals surface area (Å²) in [5, 5.41) is 20.3. The van der Waals surface area contributed by atoms with E-state index in [1.807, 2.05) is 0 Å². The quantitative estimate of drug-likeness (QED) is 0.168. The molecule has 1 fully saturated rings. The van der Waals surface area contributed by atoms with Crippen molar-refractivity contribution in [2.45, 2.75) is 24.5 Å². The zero-order valence-corrected chi connectivity index (χ0v) is 26.5. The van der Waals surface area contributed by atoms with Crippen molar-refractivity contribution >= 4 is 40.4 Å². The van der Waals surface area contributed by atoms with E-state index >= 15 is 0 Å². The van der Waals surface area contributed by atoms with E-state index in [1.165, 1.54) is 10.9 Å². The third kappa shape index (κ3) is 9.13. The number of aliphatic hydroxyl groups excluding tert-OH is 2. The van der Waals surface area contributed by atoms with Crippen LogP contribution in [-0.2, 0) is 31.6 Å². The van der Waals surface area contributed by atoms with Crippen LogP contribution in [0.4, 0.5) is 5.82 Å². The van der Waals surface area contributed by atoms with Crippen LogP contribution in [0.5, 0.6) is 0 Å². The molecule has 0 spiro atoms. The van der Waals surface area contributed by atoms with Gasteiger partial charge in [-0.1, -0.05) is 0 Å². The molecule has 3 rings (SSSR count). The van der Waals surface area contributed by atoms with E-state index in [2.05, 4.69) is 28.1 Å². The Hall–Kier alpha value is 1.64. The molecule has 1 saturated heterocycles. The summed E-state index contributed by atoms with van der Waals surface area (Å²) in [6.45, 7) is -1.06. The van der Waals surface area contributed by atoms with Crippen LogP contribution in [0.1, 0.15) is 6.23 Å². The van der Waals surface area contributed by atoms with Crippen molar-refractivity contribution in [1.82, 2.24) is 19.5 Å². The first-order chi connectivity index (χ1) is 14.2. The molecule has 3 unspecified atom stereocenters. The Morgan fingerprint density at radius 3 is 2.24 bits per heavy atom. The summed E-state index contributed by atoms with van der Waals surface area (Å²) in [5.41, 5.74) is 5.94. The summed E-state index contributed by atoms with van der Waals surface area (Å²) in [6.07, 6.45) is -3.94. The molecule has 0 radical (unpaired) electrons. The maximum Gasteiger partial charge on any atom is 1.00 e. The van der Waals surface area contributed by atoms with Gasteiger partial charge in [-0.15, -0.1) is 0 Å². The van der Waals surface area contributed by atoms with Crippen LogP contribution in [0.15, 0.2) is 12.7 Å². The number of aliphatic hydroxyl groups is 2. The van der Waals surface area contributed by atoms with Crippen LogP contribution >= 0.6 is 23.5 Å². The van der Waals surface area contributed by atoms with Gasteiger partial charge in [0.25, 0.3) is 23.5 Å². The van der Waals surface area contributed by atoms with Gasteiger partial charge >= 0.3 is 88.7 Å². The number of aromatic nitrogens is 4. The third-order valence-electron chi connectivity index (χ3n) is 3.80. The summed E-state index contributed by atoms with van der Waals surface area (Å²) < 4.78 is 50.6. The minimum atomic E-state index is -6.08. The van der Waals surface area contributed by atoms with Crippen molar-refractivity contribution < 1.29 is 150 Å². The number of fused-ring (bicyclic) bond motifs is 1. The molecule has 24 heteroatoms. The zero-order valence-electron chi connectivity index (χ0n) is 17.8. The molecule has 7 atom stereocenters. The molecular formula is C10H13N5Na3O13P3. The predicted octanol–water partition coefficient (Wildman–Crippen LogP) is -12.5. The van der Waals surface area contributed by atoms with Gasteiger partial charge in [0.05, 0.1) is 12.9 Å². The summed E-state index contributed by atoms with van der Waals surface area (Å²) >= 11 is 0. The molecule has 1 aliphatic heterocycles. The number of ether oxygens (including phenoxy) is 1. The first-order valence-electron chi connectivity index (χ1n) is 7.87. The standard InChI is InChI=1S/C10H16N5O13P3.3Na/c11-8-5-9(13-2-12-8)15(3-14-5)10-7(17)6(16)4(26-10)1-25-30(21,22)28-31(23,24)27-29(18,19)20;;;/h2-4,6-7,10,16-17H,1H2,(H,21,22)(H,23,24)(H2,11,12,13)(H2,18,19,20);;;/q;3*+1/p-3/t4-,6-,7-,10-;;;/m1.../s1. The molecule has 5 N–H and O–H groups in total. The molecule has 174 valence electrons. The Morgan fingerprint density at radius 1 is 1.03 bits per heavy atom. The number of phosphoric acid groups is 3. The van der Waals surface area contributed by atoms with E-state index in [1.54, 1.807) is 0 Å². The summed E-state index contributed by atoms with van der Waals surface area (Å²) in [7, 11) is -17.7. The van der Waals surface area contributed by atoms with Crippen molar-refractivity contribution in [1.29, 1.82) is 0 Å². The number of imidazole rings is 1. The van der Waals surface area contributed by atoms with Crippen LogP contribution in [0.25, 0.3) is 11.2 Å².